The van der Waals surface area contributed by atoms with Gasteiger partial charge in [0.1, 0.15) is 17.4 Å². The van der Waals surface area contributed by atoms with Crippen molar-refractivity contribution in [3.8, 4) is 17.5 Å². The SMILES string of the molecule is COc1ccc(-n2c(C)cc(/C=C(/C#N)C(=O)Nc3cnc4c(c3)c(C)nn4C)c2C)cc1. The second-order valence-corrected chi connectivity index (χ2v) is 7.79. The minimum Gasteiger partial charge on any atom is -0.497 e. The van der Waals surface area contributed by atoms with Crippen molar-refractivity contribution in [3.63, 3.8) is 0 Å². The van der Waals surface area contributed by atoms with Gasteiger partial charge >= 0.3 is 0 Å². The molecule has 0 fully saturated rings. The van der Waals surface area contributed by atoms with Gasteiger partial charge in [-0.15, -0.1) is 0 Å². The van der Waals surface area contributed by atoms with E-state index < -0.39 is 5.91 Å². The zero-order valence-corrected chi connectivity index (χ0v) is 19.2. The number of amides is 1. The first kappa shape index (κ1) is 21.8. The monoisotopic (exact) mass is 440 g/mol. The average molecular weight is 441 g/mol. The lowest BCUT2D eigenvalue weighted by molar-refractivity contribution is -0.112. The highest BCUT2D eigenvalue weighted by atomic mass is 16.5. The molecule has 4 aromatic rings. The summed E-state index contributed by atoms with van der Waals surface area (Å²) in [4.78, 5) is 17.2. The lowest BCUT2D eigenvalue weighted by Gasteiger charge is -2.10. The normalized spacial score (nSPS) is 11.5. The number of ether oxygens (including phenoxy) is 1. The van der Waals surface area contributed by atoms with Gasteiger partial charge in [-0.1, -0.05) is 0 Å². The van der Waals surface area contributed by atoms with E-state index in [1.165, 1.54) is 0 Å². The maximum atomic E-state index is 12.8. The average Bonchev–Trinajstić information content (AvgIpc) is 3.25. The third kappa shape index (κ3) is 4.08. The van der Waals surface area contributed by atoms with Gasteiger partial charge in [-0.3, -0.25) is 9.48 Å². The van der Waals surface area contributed by atoms with Gasteiger partial charge in [0.15, 0.2) is 5.65 Å². The Bertz CT molecular complexity index is 1430. The number of methoxy groups -OCH3 is 1. The number of hydrogen-bond acceptors (Lipinski definition) is 5. The minimum atomic E-state index is -0.491. The molecule has 3 heterocycles. The molecule has 0 saturated heterocycles. The number of hydrogen-bond donors (Lipinski definition) is 1. The van der Waals surface area contributed by atoms with E-state index in [2.05, 4.69) is 20.0 Å². The number of rotatable bonds is 5. The van der Waals surface area contributed by atoms with E-state index in [-0.39, 0.29) is 5.57 Å². The Hall–Kier alpha value is -4.38. The standard InChI is InChI=1S/C25H24N6O2/c1-15-10-18(17(3)31(15)21-6-8-22(33-5)9-7-21)11-19(13-26)25(32)28-20-12-23-16(2)29-30(4)24(23)27-14-20/h6-12,14H,1-5H3,(H,28,32)/b19-11-. The lowest BCUT2D eigenvalue weighted by Crippen LogP contribution is -2.13. The van der Waals surface area contributed by atoms with E-state index >= 15 is 0 Å². The van der Waals surface area contributed by atoms with Crippen molar-refractivity contribution < 1.29 is 9.53 Å². The van der Waals surface area contributed by atoms with Crippen LogP contribution in [0.4, 0.5) is 5.69 Å². The van der Waals surface area contributed by atoms with Gasteiger partial charge < -0.3 is 14.6 Å². The zero-order chi connectivity index (χ0) is 23.7. The molecule has 8 heteroatoms. The van der Waals surface area contributed by atoms with Crippen LogP contribution in [0.25, 0.3) is 22.8 Å². The van der Waals surface area contributed by atoms with Crippen LogP contribution in [0.5, 0.6) is 5.75 Å². The van der Waals surface area contributed by atoms with Crippen LogP contribution in [0.15, 0.2) is 48.2 Å². The first-order valence-electron chi connectivity index (χ1n) is 10.4. The van der Waals surface area contributed by atoms with Crippen LogP contribution in [-0.2, 0) is 11.8 Å². The summed E-state index contributed by atoms with van der Waals surface area (Å²) in [7, 11) is 3.45. The third-order valence-electron chi connectivity index (χ3n) is 5.59. The van der Waals surface area contributed by atoms with Gasteiger partial charge in [0, 0.05) is 29.5 Å². The Morgan fingerprint density at radius 2 is 1.91 bits per heavy atom. The van der Waals surface area contributed by atoms with Crippen molar-refractivity contribution in [1.82, 2.24) is 19.3 Å². The van der Waals surface area contributed by atoms with Crippen molar-refractivity contribution in [2.75, 3.05) is 12.4 Å². The summed E-state index contributed by atoms with van der Waals surface area (Å²) in [6.45, 7) is 5.83. The van der Waals surface area contributed by atoms with Crippen LogP contribution in [-0.4, -0.2) is 32.3 Å². The molecular formula is C25H24N6O2. The Kier molecular flexibility index (Phi) is 5.71. The molecule has 33 heavy (non-hydrogen) atoms. The van der Waals surface area contributed by atoms with E-state index in [0.29, 0.717) is 5.69 Å². The highest BCUT2D eigenvalue weighted by molar-refractivity contribution is 6.10. The summed E-state index contributed by atoms with van der Waals surface area (Å²) in [5, 5.41) is 17.6. The molecule has 8 nitrogen and oxygen atoms in total. The lowest BCUT2D eigenvalue weighted by atomic mass is 10.1. The molecule has 0 atom stereocenters. The van der Waals surface area contributed by atoms with Crippen LogP contribution in [0.3, 0.4) is 0 Å². The van der Waals surface area contributed by atoms with E-state index in [1.807, 2.05) is 70.3 Å². The molecule has 4 rings (SSSR count). The highest BCUT2D eigenvalue weighted by Crippen LogP contribution is 2.25. The number of pyridine rings is 1. The Morgan fingerprint density at radius 1 is 1.18 bits per heavy atom. The number of carbonyl (C=O) groups excluding carboxylic acids is 1. The number of fused-ring (bicyclic) bond motifs is 1. The molecule has 0 radical (unpaired) electrons. The van der Waals surface area contributed by atoms with Crippen LogP contribution < -0.4 is 10.1 Å². The summed E-state index contributed by atoms with van der Waals surface area (Å²) >= 11 is 0. The molecule has 0 aliphatic carbocycles. The number of nitriles is 1. The Balaban J connectivity index is 1.63. The van der Waals surface area contributed by atoms with E-state index in [1.54, 1.807) is 24.1 Å². The number of nitrogens with one attached hydrogen (secondary N) is 1. The summed E-state index contributed by atoms with van der Waals surface area (Å²) in [5.41, 5.74) is 5.74. The van der Waals surface area contributed by atoms with Crippen LogP contribution in [0.1, 0.15) is 22.6 Å². The van der Waals surface area contributed by atoms with Gasteiger partial charge in [-0.05, 0) is 68.8 Å². The third-order valence-corrected chi connectivity index (χ3v) is 5.59. The predicted octanol–water partition coefficient (Wildman–Crippen LogP) is 4.24. The molecule has 0 bridgehead atoms. The van der Waals surface area contributed by atoms with Crippen LogP contribution >= 0.6 is 0 Å². The van der Waals surface area contributed by atoms with Crippen molar-refractivity contribution >= 4 is 28.7 Å². The van der Waals surface area contributed by atoms with Gasteiger partial charge in [-0.2, -0.15) is 10.4 Å². The topological polar surface area (TPSA) is 97.8 Å². The molecule has 1 aromatic carbocycles. The Labute approximate surface area is 191 Å². The van der Waals surface area contributed by atoms with Crippen LogP contribution in [0.2, 0.25) is 0 Å². The molecule has 0 aliphatic heterocycles. The van der Waals surface area contributed by atoms with Gasteiger partial charge in [0.2, 0.25) is 0 Å². The maximum absolute atomic E-state index is 12.8. The highest BCUT2D eigenvalue weighted by Gasteiger charge is 2.15. The van der Waals surface area contributed by atoms with Gasteiger partial charge in [0.25, 0.3) is 5.91 Å². The largest absolute Gasteiger partial charge is 0.497 e. The molecule has 3 aromatic heterocycles. The summed E-state index contributed by atoms with van der Waals surface area (Å²) < 4.78 is 9.00. The van der Waals surface area contributed by atoms with Crippen molar-refractivity contribution in [3.05, 3.63) is 70.8 Å². The predicted molar refractivity (Wildman–Crippen MR) is 127 cm³/mol. The van der Waals surface area contributed by atoms with Gasteiger partial charge in [0.05, 0.1) is 24.7 Å². The molecule has 1 amide bonds. The fraction of sp³-hybridized carbons (Fsp3) is 0.200. The number of aromatic nitrogens is 4. The minimum absolute atomic E-state index is 0.00739. The zero-order valence-electron chi connectivity index (χ0n) is 19.2. The second kappa shape index (κ2) is 8.63. The summed E-state index contributed by atoms with van der Waals surface area (Å²) in [6.07, 6.45) is 3.17. The first-order valence-corrected chi connectivity index (χ1v) is 10.4. The molecule has 0 aliphatic rings. The molecular weight excluding hydrogens is 416 g/mol. The van der Waals surface area contributed by atoms with Crippen LogP contribution in [0, 0.1) is 32.1 Å². The second-order valence-electron chi connectivity index (χ2n) is 7.79. The van der Waals surface area contributed by atoms with Gasteiger partial charge in [-0.25, -0.2) is 4.98 Å². The van der Waals surface area contributed by atoms with E-state index in [4.69, 9.17) is 4.74 Å². The fourth-order valence-electron chi connectivity index (χ4n) is 3.94. The molecule has 1 N–H and O–H groups in total. The fourth-order valence-corrected chi connectivity index (χ4v) is 3.94. The molecule has 166 valence electrons. The number of anilines is 1. The first-order chi connectivity index (χ1) is 15.8. The number of nitrogens with zero attached hydrogens (tertiary/aromatic N) is 5. The van der Waals surface area contributed by atoms with Crippen molar-refractivity contribution in [2.45, 2.75) is 20.8 Å². The summed E-state index contributed by atoms with van der Waals surface area (Å²) in [6, 6.07) is 13.5. The quantitative estimate of drug-likeness (QED) is 0.370. The van der Waals surface area contributed by atoms with E-state index in [9.17, 15) is 10.1 Å². The number of aryl methyl sites for hydroxylation is 3. The molecule has 0 spiro atoms. The smallest absolute Gasteiger partial charge is 0.266 e. The van der Waals surface area contributed by atoms with Crippen molar-refractivity contribution in [2.24, 2.45) is 7.05 Å². The Morgan fingerprint density at radius 3 is 2.58 bits per heavy atom. The summed E-state index contributed by atoms with van der Waals surface area (Å²) in [5.74, 6) is 0.286. The van der Waals surface area contributed by atoms with E-state index in [0.717, 1.165) is 45.1 Å². The van der Waals surface area contributed by atoms with Crippen molar-refractivity contribution in [1.29, 1.82) is 5.26 Å². The number of carbonyl (C=O) groups is 1. The molecule has 0 saturated carbocycles. The maximum Gasteiger partial charge on any atom is 0.266 e. The molecule has 0 unspecified atom stereocenters. The number of benzene rings is 1.